The second-order valence-electron chi connectivity index (χ2n) is 6.56. The highest BCUT2D eigenvalue weighted by molar-refractivity contribution is 14.0. The smallest absolute Gasteiger partial charge is 0.191 e. The molecular formula is C24H28IN3O. The van der Waals surface area contributed by atoms with Crippen molar-refractivity contribution in [3.05, 3.63) is 107 Å². The fourth-order valence-electron chi connectivity index (χ4n) is 2.80. The van der Waals surface area contributed by atoms with Crippen molar-refractivity contribution in [2.75, 3.05) is 7.05 Å². The fourth-order valence-corrected chi connectivity index (χ4v) is 2.80. The second kappa shape index (κ2) is 13.0. The maximum Gasteiger partial charge on any atom is 0.191 e. The molecule has 2 N–H and O–H groups in total. The molecule has 0 heterocycles. The van der Waals surface area contributed by atoms with Crippen LogP contribution in [0.4, 0.5) is 0 Å². The van der Waals surface area contributed by atoms with Gasteiger partial charge < -0.3 is 15.4 Å². The number of guanidine groups is 1. The van der Waals surface area contributed by atoms with Crippen molar-refractivity contribution >= 4 is 29.9 Å². The van der Waals surface area contributed by atoms with Crippen LogP contribution >= 0.6 is 24.0 Å². The standard InChI is InChI=1S/C24H27N3O.HI/c1-25-24(26-16-20-8-4-2-5-9-20)27-17-21-12-14-23(15-13-21)19-28-18-22-10-6-3-7-11-22;/h2-15H,16-19H2,1H3,(H2,25,26,27);1H. The van der Waals surface area contributed by atoms with Gasteiger partial charge in [0.15, 0.2) is 5.96 Å². The van der Waals surface area contributed by atoms with Gasteiger partial charge in [0.25, 0.3) is 0 Å². The molecule has 29 heavy (non-hydrogen) atoms. The first kappa shape index (κ1) is 22.9. The minimum Gasteiger partial charge on any atom is -0.372 e. The van der Waals surface area contributed by atoms with Crippen LogP contribution < -0.4 is 10.6 Å². The van der Waals surface area contributed by atoms with Crippen molar-refractivity contribution in [2.45, 2.75) is 26.3 Å². The molecule has 0 aliphatic heterocycles. The van der Waals surface area contributed by atoms with Crippen molar-refractivity contribution < 1.29 is 4.74 Å². The Bertz CT molecular complexity index is 852. The topological polar surface area (TPSA) is 45.7 Å². The van der Waals surface area contributed by atoms with Crippen LogP contribution in [0.5, 0.6) is 0 Å². The summed E-state index contributed by atoms with van der Waals surface area (Å²) in [5.41, 5.74) is 4.80. The van der Waals surface area contributed by atoms with Crippen LogP contribution in [0.1, 0.15) is 22.3 Å². The van der Waals surface area contributed by atoms with Crippen LogP contribution in [0.2, 0.25) is 0 Å². The van der Waals surface area contributed by atoms with Gasteiger partial charge >= 0.3 is 0 Å². The van der Waals surface area contributed by atoms with E-state index in [1.165, 1.54) is 22.3 Å². The molecule has 3 aromatic rings. The summed E-state index contributed by atoms with van der Waals surface area (Å²) in [5.74, 6) is 0.791. The van der Waals surface area contributed by atoms with Gasteiger partial charge in [-0.1, -0.05) is 84.9 Å². The molecule has 0 saturated heterocycles. The Balaban J connectivity index is 0.00000300. The van der Waals surface area contributed by atoms with Gasteiger partial charge in [0.2, 0.25) is 0 Å². The largest absolute Gasteiger partial charge is 0.372 e. The molecular weight excluding hydrogens is 473 g/mol. The summed E-state index contributed by atoms with van der Waals surface area (Å²) < 4.78 is 5.79. The van der Waals surface area contributed by atoms with E-state index in [0.29, 0.717) is 13.2 Å². The fraction of sp³-hybridized carbons (Fsp3) is 0.208. The number of hydrogen-bond acceptors (Lipinski definition) is 2. The summed E-state index contributed by atoms with van der Waals surface area (Å²) in [5, 5.41) is 6.68. The molecule has 0 aliphatic rings. The van der Waals surface area contributed by atoms with Crippen LogP contribution in [0.3, 0.4) is 0 Å². The van der Waals surface area contributed by atoms with Crippen molar-refractivity contribution in [3.63, 3.8) is 0 Å². The lowest BCUT2D eigenvalue weighted by atomic mass is 10.1. The molecule has 0 atom stereocenters. The summed E-state index contributed by atoms with van der Waals surface area (Å²) in [4.78, 5) is 4.28. The predicted octanol–water partition coefficient (Wildman–Crippen LogP) is 4.89. The molecule has 0 radical (unpaired) electrons. The molecule has 0 fully saturated rings. The van der Waals surface area contributed by atoms with Crippen LogP contribution in [-0.2, 0) is 31.0 Å². The lowest BCUT2D eigenvalue weighted by Gasteiger charge is -2.12. The molecule has 5 heteroatoms. The zero-order valence-corrected chi connectivity index (χ0v) is 19.0. The third-order valence-electron chi connectivity index (χ3n) is 4.39. The zero-order chi connectivity index (χ0) is 19.4. The second-order valence-corrected chi connectivity index (χ2v) is 6.56. The molecule has 0 bridgehead atoms. The Morgan fingerprint density at radius 3 is 1.59 bits per heavy atom. The van der Waals surface area contributed by atoms with E-state index in [4.69, 9.17) is 4.74 Å². The van der Waals surface area contributed by atoms with Gasteiger partial charge in [-0.3, -0.25) is 4.99 Å². The Hall–Kier alpha value is -2.38. The molecule has 0 amide bonds. The molecule has 0 unspecified atom stereocenters. The Labute approximate surface area is 190 Å². The van der Waals surface area contributed by atoms with Crippen molar-refractivity contribution in [1.82, 2.24) is 10.6 Å². The lowest BCUT2D eigenvalue weighted by molar-refractivity contribution is 0.107. The van der Waals surface area contributed by atoms with Crippen LogP contribution in [0.25, 0.3) is 0 Å². The molecule has 4 nitrogen and oxygen atoms in total. The number of halogens is 1. The van der Waals surface area contributed by atoms with Crippen LogP contribution in [-0.4, -0.2) is 13.0 Å². The highest BCUT2D eigenvalue weighted by Gasteiger charge is 2.00. The van der Waals surface area contributed by atoms with Crippen molar-refractivity contribution in [3.8, 4) is 0 Å². The number of ether oxygens (including phenoxy) is 1. The molecule has 3 aromatic carbocycles. The van der Waals surface area contributed by atoms with Crippen molar-refractivity contribution in [1.29, 1.82) is 0 Å². The summed E-state index contributed by atoms with van der Waals surface area (Å²) in [6.07, 6.45) is 0. The third kappa shape index (κ3) is 8.25. The Kier molecular flexibility index (Phi) is 10.2. The van der Waals surface area contributed by atoms with Gasteiger partial charge in [0, 0.05) is 20.1 Å². The van der Waals surface area contributed by atoms with E-state index in [-0.39, 0.29) is 24.0 Å². The van der Waals surface area contributed by atoms with E-state index < -0.39 is 0 Å². The van der Waals surface area contributed by atoms with E-state index >= 15 is 0 Å². The molecule has 0 aliphatic carbocycles. The van der Waals surface area contributed by atoms with Crippen molar-refractivity contribution in [2.24, 2.45) is 4.99 Å². The van der Waals surface area contributed by atoms with E-state index in [2.05, 4.69) is 64.2 Å². The average Bonchev–Trinajstić information content (AvgIpc) is 2.76. The summed E-state index contributed by atoms with van der Waals surface area (Å²) in [6.45, 7) is 2.72. The predicted molar refractivity (Wildman–Crippen MR) is 130 cm³/mol. The molecule has 0 saturated carbocycles. The maximum absolute atomic E-state index is 5.79. The van der Waals surface area contributed by atoms with Gasteiger partial charge in [-0.05, 0) is 22.3 Å². The van der Waals surface area contributed by atoms with E-state index in [9.17, 15) is 0 Å². The summed E-state index contributed by atoms with van der Waals surface area (Å²) in [6, 6.07) is 29.0. The van der Waals surface area contributed by atoms with Crippen LogP contribution in [0.15, 0.2) is 89.9 Å². The molecule has 3 rings (SSSR count). The van der Waals surface area contributed by atoms with Gasteiger partial charge in [-0.2, -0.15) is 0 Å². The first-order chi connectivity index (χ1) is 13.8. The summed E-state index contributed by atoms with van der Waals surface area (Å²) >= 11 is 0. The van der Waals surface area contributed by atoms with Gasteiger partial charge in [-0.25, -0.2) is 0 Å². The normalized spacial score (nSPS) is 10.9. The van der Waals surface area contributed by atoms with Crippen LogP contribution in [0, 0.1) is 0 Å². The molecule has 0 aromatic heterocycles. The number of hydrogen-bond donors (Lipinski definition) is 2. The van der Waals surface area contributed by atoms with E-state index in [1.54, 1.807) is 7.05 Å². The van der Waals surface area contributed by atoms with Gasteiger partial charge in [0.05, 0.1) is 13.2 Å². The maximum atomic E-state index is 5.79. The average molecular weight is 501 g/mol. The first-order valence-corrected chi connectivity index (χ1v) is 9.51. The zero-order valence-electron chi connectivity index (χ0n) is 16.7. The van der Waals surface area contributed by atoms with E-state index in [0.717, 1.165) is 19.0 Å². The monoisotopic (exact) mass is 501 g/mol. The minimum atomic E-state index is 0. The third-order valence-corrected chi connectivity index (χ3v) is 4.39. The van der Waals surface area contributed by atoms with E-state index in [1.807, 2.05) is 36.4 Å². The quantitative estimate of drug-likeness (QED) is 0.263. The number of aliphatic imine (C=N–C) groups is 1. The summed E-state index contributed by atoms with van der Waals surface area (Å²) in [7, 11) is 1.79. The highest BCUT2D eigenvalue weighted by Crippen LogP contribution is 2.08. The number of rotatable bonds is 8. The first-order valence-electron chi connectivity index (χ1n) is 9.51. The molecule has 0 spiro atoms. The SMILES string of the molecule is CN=C(NCc1ccccc1)NCc1ccc(COCc2ccccc2)cc1.I. The lowest BCUT2D eigenvalue weighted by Crippen LogP contribution is -2.36. The van der Waals surface area contributed by atoms with Gasteiger partial charge in [-0.15, -0.1) is 24.0 Å². The van der Waals surface area contributed by atoms with Gasteiger partial charge in [0.1, 0.15) is 0 Å². The Morgan fingerprint density at radius 2 is 1.07 bits per heavy atom. The number of nitrogens with one attached hydrogen (secondary N) is 2. The highest BCUT2D eigenvalue weighted by atomic mass is 127. The molecule has 152 valence electrons. The number of nitrogens with zero attached hydrogens (tertiary/aromatic N) is 1. The Morgan fingerprint density at radius 1 is 0.655 bits per heavy atom. The number of benzene rings is 3. The minimum absolute atomic E-state index is 0.